The molecule has 2 heterocycles. The van der Waals surface area contributed by atoms with Gasteiger partial charge in [0.1, 0.15) is 17.3 Å². The van der Waals surface area contributed by atoms with Crippen molar-refractivity contribution in [3.63, 3.8) is 0 Å². The monoisotopic (exact) mass is 339 g/mol. The molecule has 0 radical (unpaired) electrons. The van der Waals surface area contributed by atoms with Gasteiger partial charge in [-0.3, -0.25) is 4.79 Å². The summed E-state index contributed by atoms with van der Waals surface area (Å²) in [6.07, 6.45) is 0. The Labute approximate surface area is 144 Å². The third-order valence-electron chi connectivity index (χ3n) is 3.54. The fourth-order valence-corrected chi connectivity index (χ4v) is 2.31. The Morgan fingerprint density at radius 1 is 1.12 bits per heavy atom. The number of aryl methyl sites for hydroxylation is 1. The second-order valence-corrected chi connectivity index (χ2v) is 5.26. The molecule has 1 aromatic carbocycles. The molecule has 0 aliphatic heterocycles. The average molecular weight is 339 g/mol. The van der Waals surface area contributed by atoms with Gasteiger partial charge in [-0.2, -0.15) is 0 Å². The number of nitrogens with one attached hydrogen (secondary N) is 1. The van der Waals surface area contributed by atoms with E-state index in [1.54, 1.807) is 44.6 Å². The molecule has 7 heteroatoms. The van der Waals surface area contributed by atoms with Gasteiger partial charge in [0.2, 0.25) is 0 Å². The number of hydrogen-bond acceptors (Lipinski definition) is 6. The van der Waals surface area contributed by atoms with Crippen molar-refractivity contribution in [2.24, 2.45) is 0 Å². The Balaban J connectivity index is 1.86. The standard InChI is InChI=1S/C18H17N3O4/c1-11-5-4-6-17(19-11)20-18(22)14-10-16(25-21-14)13-9-12(23-2)7-8-15(13)24-3/h4-10H,1-3H3,(H,19,20,22). The molecule has 7 nitrogen and oxygen atoms in total. The lowest BCUT2D eigenvalue weighted by molar-refractivity contribution is 0.101. The highest BCUT2D eigenvalue weighted by atomic mass is 16.5. The molecule has 25 heavy (non-hydrogen) atoms. The first kappa shape index (κ1) is 16.5. The van der Waals surface area contributed by atoms with E-state index in [1.165, 1.54) is 0 Å². The highest BCUT2D eigenvalue weighted by molar-refractivity contribution is 6.02. The van der Waals surface area contributed by atoms with E-state index >= 15 is 0 Å². The summed E-state index contributed by atoms with van der Waals surface area (Å²) in [5.41, 5.74) is 1.59. The van der Waals surface area contributed by atoms with Gasteiger partial charge in [0.05, 0.1) is 19.8 Å². The molecule has 0 spiro atoms. The topological polar surface area (TPSA) is 86.5 Å². The zero-order valence-corrected chi connectivity index (χ0v) is 14.1. The molecular weight excluding hydrogens is 322 g/mol. The minimum absolute atomic E-state index is 0.142. The van der Waals surface area contributed by atoms with Crippen molar-refractivity contribution in [2.45, 2.75) is 6.92 Å². The number of carbonyl (C=O) groups is 1. The number of nitrogens with zero attached hydrogens (tertiary/aromatic N) is 2. The van der Waals surface area contributed by atoms with Crippen molar-refractivity contribution < 1.29 is 18.8 Å². The van der Waals surface area contributed by atoms with Crippen LogP contribution in [-0.2, 0) is 0 Å². The molecule has 2 aromatic heterocycles. The van der Waals surface area contributed by atoms with Gasteiger partial charge in [0, 0.05) is 11.8 Å². The van der Waals surface area contributed by atoms with Gasteiger partial charge in [-0.25, -0.2) is 4.98 Å². The summed E-state index contributed by atoms with van der Waals surface area (Å²) in [5.74, 6) is 1.67. The van der Waals surface area contributed by atoms with Crippen LogP contribution in [0.3, 0.4) is 0 Å². The van der Waals surface area contributed by atoms with Crippen LogP contribution in [0.1, 0.15) is 16.2 Å². The molecule has 0 atom stereocenters. The molecule has 128 valence electrons. The largest absolute Gasteiger partial charge is 0.497 e. The number of amides is 1. The second kappa shape index (κ2) is 7.04. The van der Waals surface area contributed by atoms with Crippen LogP contribution >= 0.6 is 0 Å². The zero-order chi connectivity index (χ0) is 17.8. The van der Waals surface area contributed by atoms with E-state index in [0.29, 0.717) is 28.6 Å². The molecule has 0 saturated carbocycles. The van der Waals surface area contributed by atoms with Crippen LogP contribution in [0.2, 0.25) is 0 Å². The summed E-state index contributed by atoms with van der Waals surface area (Å²) in [6.45, 7) is 1.85. The Bertz CT molecular complexity index is 905. The maximum Gasteiger partial charge on any atom is 0.279 e. The van der Waals surface area contributed by atoms with Crippen LogP contribution < -0.4 is 14.8 Å². The van der Waals surface area contributed by atoms with Gasteiger partial charge in [-0.05, 0) is 37.3 Å². The van der Waals surface area contributed by atoms with Gasteiger partial charge < -0.3 is 19.3 Å². The van der Waals surface area contributed by atoms with E-state index in [4.69, 9.17) is 14.0 Å². The van der Waals surface area contributed by atoms with Crippen molar-refractivity contribution in [1.29, 1.82) is 0 Å². The normalized spacial score (nSPS) is 10.4. The minimum Gasteiger partial charge on any atom is -0.497 e. The van der Waals surface area contributed by atoms with Crippen LogP contribution in [0.25, 0.3) is 11.3 Å². The Morgan fingerprint density at radius 3 is 2.68 bits per heavy atom. The fourth-order valence-electron chi connectivity index (χ4n) is 2.31. The van der Waals surface area contributed by atoms with Gasteiger partial charge in [-0.15, -0.1) is 0 Å². The summed E-state index contributed by atoms with van der Waals surface area (Å²) in [5, 5.41) is 6.52. The number of methoxy groups -OCH3 is 2. The van der Waals surface area contributed by atoms with Crippen molar-refractivity contribution >= 4 is 11.7 Å². The van der Waals surface area contributed by atoms with E-state index < -0.39 is 5.91 Å². The van der Waals surface area contributed by atoms with Crippen molar-refractivity contribution in [2.75, 3.05) is 19.5 Å². The first-order chi connectivity index (χ1) is 12.1. The van der Waals surface area contributed by atoms with Crippen LogP contribution in [0, 0.1) is 6.92 Å². The highest BCUT2D eigenvalue weighted by Gasteiger charge is 2.17. The lowest BCUT2D eigenvalue weighted by Gasteiger charge is -2.07. The summed E-state index contributed by atoms with van der Waals surface area (Å²) in [4.78, 5) is 16.5. The van der Waals surface area contributed by atoms with E-state index in [0.717, 1.165) is 5.69 Å². The third kappa shape index (κ3) is 3.60. The van der Waals surface area contributed by atoms with Gasteiger partial charge >= 0.3 is 0 Å². The lowest BCUT2D eigenvalue weighted by Crippen LogP contribution is -2.13. The number of benzene rings is 1. The molecule has 0 aliphatic rings. The van der Waals surface area contributed by atoms with E-state index in [1.807, 2.05) is 19.1 Å². The molecule has 3 aromatic rings. The van der Waals surface area contributed by atoms with Gasteiger partial charge in [-0.1, -0.05) is 11.2 Å². The van der Waals surface area contributed by atoms with Crippen LogP contribution in [-0.4, -0.2) is 30.3 Å². The van der Waals surface area contributed by atoms with Crippen LogP contribution in [0.4, 0.5) is 5.82 Å². The molecule has 0 unspecified atom stereocenters. The number of hydrogen-bond donors (Lipinski definition) is 1. The lowest BCUT2D eigenvalue weighted by atomic mass is 10.1. The summed E-state index contributed by atoms with van der Waals surface area (Å²) in [7, 11) is 3.12. The molecule has 1 amide bonds. The number of ether oxygens (including phenoxy) is 2. The predicted octanol–water partition coefficient (Wildman–Crippen LogP) is 3.31. The molecular formula is C18H17N3O4. The minimum atomic E-state index is -0.407. The Kier molecular flexibility index (Phi) is 4.65. The maximum atomic E-state index is 12.3. The van der Waals surface area contributed by atoms with Crippen molar-refractivity contribution in [3.05, 3.63) is 53.9 Å². The smallest absolute Gasteiger partial charge is 0.279 e. The Morgan fingerprint density at radius 2 is 1.96 bits per heavy atom. The molecule has 0 saturated heterocycles. The van der Waals surface area contributed by atoms with Crippen LogP contribution in [0.15, 0.2) is 47.0 Å². The predicted molar refractivity (Wildman–Crippen MR) is 92.0 cm³/mol. The van der Waals surface area contributed by atoms with E-state index in [2.05, 4.69) is 15.5 Å². The summed E-state index contributed by atoms with van der Waals surface area (Å²) >= 11 is 0. The number of anilines is 1. The quantitative estimate of drug-likeness (QED) is 0.767. The highest BCUT2D eigenvalue weighted by Crippen LogP contribution is 2.33. The number of pyridine rings is 1. The molecule has 3 rings (SSSR count). The first-order valence-corrected chi connectivity index (χ1v) is 7.55. The summed E-state index contributed by atoms with van der Waals surface area (Å²) < 4.78 is 15.8. The maximum absolute atomic E-state index is 12.3. The van der Waals surface area contributed by atoms with E-state index in [9.17, 15) is 4.79 Å². The van der Waals surface area contributed by atoms with Crippen LogP contribution in [0.5, 0.6) is 11.5 Å². The fraction of sp³-hybridized carbons (Fsp3) is 0.167. The van der Waals surface area contributed by atoms with Crippen molar-refractivity contribution in [1.82, 2.24) is 10.1 Å². The third-order valence-corrected chi connectivity index (χ3v) is 3.54. The van der Waals surface area contributed by atoms with Gasteiger partial charge in [0.25, 0.3) is 5.91 Å². The molecule has 0 aliphatic carbocycles. The van der Waals surface area contributed by atoms with Crippen molar-refractivity contribution in [3.8, 4) is 22.8 Å². The molecule has 0 bridgehead atoms. The number of rotatable bonds is 5. The molecule has 1 N–H and O–H groups in total. The molecule has 0 fully saturated rings. The number of aromatic nitrogens is 2. The number of carbonyl (C=O) groups excluding carboxylic acids is 1. The average Bonchev–Trinajstić information content (AvgIpc) is 3.11. The first-order valence-electron chi connectivity index (χ1n) is 7.55. The second-order valence-electron chi connectivity index (χ2n) is 5.26. The van der Waals surface area contributed by atoms with Gasteiger partial charge in [0.15, 0.2) is 11.5 Å². The zero-order valence-electron chi connectivity index (χ0n) is 14.1. The summed E-state index contributed by atoms with van der Waals surface area (Å²) in [6, 6.07) is 12.2. The SMILES string of the molecule is COc1ccc(OC)c(-c2cc(C(=O)Nc3cccc(C)n3)no2)c1. The van der Waals surface area contributed by atoms with E-state index in [-0.39, 0.29) is 5.69 Å². The Hall–Kier alpha value is -3.35.